The van der Waals surface area contributed by atoms with Crippen molar-refractivity contribution < 1.29 is 4.79 Å². The zero-order valence-electron chi connectivity index (χ0n) is 16.3. The Kier molecular flexibility index (Phi) is 5.63. The normalized spacial score (nSPS) is 17.8. The molecule has 142 valence electrons. The quantitative estimate of drug-likeness (QED) is 0.732. The van der Waals surface area contributed by atoms with Gasteiger partial charge in [-0.05, 0) is 48.8 Å². The Morgan fingerprint density at radius 1 is 1.11 bits per heavy atom. The average molecular weight is 364 g/mol. The van der Waals surface area contributed by atoms with E-state index in [0.29, 0.717) is 12.0 Å². The first-order valence-electron chi connectivity index (χ1n) is 10.4. The Bertz CT molecular complexity index is 796. The molecule has 4 heteroatoms. The number of hydrogen-bond donors (Lipinski definition) is 0. The monoisotopic (exact) mass is 363 g/mol. The van der Waals surface area contributed by atoms with Crippen LogP contribution in [-0.4, -0.2) is 39.8 Å². The molecule has 0 bridgehead atoms. The van der Waals surface area contributed by atoms with E-state index in [4.69, 9.17) is 0 Å². The van der Waals surface area contributed by atoms with Crippen LogP contribution in [-0.2, 0) is 25.7 Å². The molecule has 2 aromatic rings. The highest BCUT2D eigenvalue weighted by Gasteiger charge is 2.26. The van der Waals surface area contributed by atoms with Crippen LogP contribution in [0.15, 0.2) is 30.6 Å². The third-order valence-corrected chi connectivity index (χ3v) is 6.18. The summed E-state index contributed by atoms with van der Waals surface area (Å²) in [7, 11) is 0. The van der Waals surface area contributed by atoms with Gasteiger partial charge in [-0.3, -0.25) is 9.69 Å². The van der Waals surface area contributed by atoms with Gasteiger partial charge in [-0.1, -0.05) is 31.5 Å². The van der Waals surface area contributed by atoms with Crippen molar-refractivity contribution in [2.45, 2.75) is 64.3 Å². The number of nitrogens with zero attached hydrogens (tertiary/aromatic N) is 3. The fourth-order valence-electron chi connectivity index (χ4n) is 4.15. The maximum Gasteiger partial charge on any atom is 0.166 e. The molecule has 4 rings (SSSR count). The molecular formula is C23H29N3O. The molecule has 0 atom stereocenters. The second kappa shape index (κ2) is 8.30. The summed E-state index contributed by atoms with van der Waals surface area (Å²) in [6.45, 7) is 4.39. The van der Waals surface area contributed by atoms with Gasteiger partial charge in [-0.25, -0.2) is 9.97 Å². The number of benzene rings is 1. The molecule has 0 radical (unpaired) electrons. The van der Waals surface area contributed by atoms with Crippen LogP contribution in [0, 0.1) is 0 Å². The Balaban J connectivity index is 1.36. The number of fused-ring (bicyclic) bond motifs is 1. The molecule has 1 aliphatic heterocycles. The molecule has 0 unspecified atom stereocenters. The molecule has 0 amide bonds. The fraction of sp³-hybridized carbons (Fsp3) is 0.522. The maximum atomic E-state index is 12.4. The minimum atomic E-state index is 0.128. The van der Waals surface area contributed by atoms with Crippen molar-refractivity contribution in [2.75, 3.05) is 13.1 Å². The molecule has 0 N–H and O–H groups in total. The zero-order valence-corrected chi connectivity index (χ0v) is 16.3. The van der Waals surface area contributed by atoms with E-state index in [2.05, 4.69) is 33.1 Å². The summed E-state index contributed by atoms with van der Waals surface area (Å²) in [5, 5.41) is 0. The fourth-order valence-corrected chi connectivity index (χ4v) is 4.15. The lowest BCUT2D eigenvalue weighted by molar-refractivity contribution is 0.0982. The Morgan fingerprint density at radius 2 is 1.85 bits per heavy atom. The van der Waals surface area contributed by atoms with Gasteiger partial charge >= 0.3 is 0 Å². The minimum absolute atomic E-state index is 0.128. The number of hydrogen-bond acceptors (Lipinski definition) is 4. The van der Waals surface area contributed by atoms with Crippen LogP contribution in [0.4, 0.5) is 0 Å². The van der Waals surface area contributed by atoms with Crippen LogP contribution < -0.4 is 0 Å². The second-order valence-corrected chi connectivity index (χ2v) is 7.89. The van der Waals surface area contributed by atoms with Crippen molar-refractivity contribution in [3.63, 3.8) is 0 Å². The SMILES string of the molecule is CCc1ncc(C(=O)CCc2ccc3c(c2)CCN(C2CCC2)CC3)cn1. The molecule has 1 aliphatic carbocycles. The van der Waals surface area contributed by atoms with Gasteiger partial charge in [0.2, 0.25) is 0 Å². The van der Waals surface area contributed by atoms with E-state index in [-0.39, 0.29) is 5.78 Å². The smallest absolute Gasteiger partial charge is 0.166 e. The van der Waals surface area contributed by atoms with Crippen molar-refractivity contribution in [3.8, 4) is 0 Å². The topological polar surface area (TPSA) is 46.1 Å². The van der Waals surface area contributed by atoms with Gasteiger partial charge in [0, 0.05) is 44.4 Å². The molecule has 1 saturated carbocycles. The van der Waals surface area contributed by atoms with Gasteiger partial charge in [0.1, 0.15) is 5.82 Å². The molecular weight excluding hydrogens is 334 g/mol. The summed E-state index contributed by atoms with van der Waals surface area (Å²) in [5.74, 6) is 0.914. The second-order valence-electron chi connectivity index (χ2n) is 7.89. The predicted octanol–water partition coefficient (Wildman–Crippen LogP) is 3.81. The first-order valence-corrected chi connectivity index (χ1v) is 10.4. The van der Waals surface area contributed by atoms with Gasteiger partial charge in [0.25, 0.3) is 0 Å². The van der Waals surface area contributed by atoms with E-state index in [1.165, 1.54) is 49.0 Å². The highest BCUT2D eigenvalue weighted by molar-refractivity contribution is 5.95. The highest BCUT2D eigenvalue weighted by Crippen LogP contribution is 2.27. The van der Waals surface area contributed by atoms with Crippen molar-refractivity contribution in [2.24, 2.45) is 0 Å². The van der Waals surface area contributed by atoms with Crippen LogP contribution in [0.1, 0.15) is 65.5 Å². The van der Waals surface area contributed by atoms with Crippen LogP contribution >= 0.6 is 0 Å². The van der Waals surface area contributed by atoms with Gasteiger partial charge < -0.3 is 0 Å². The molecule has 4 nitrogen and oxygen atoms in total. The zero-order chi connectivity index (χ0) is 18.6. The van der Waals surface area contributed by atoms with E-state index in [1.54, 1.807) is 12.4 Å². The number of ketones is 1. The first kappa shape index (κ1) is 18.3. The summed E-state index contributed by atoms with van der Waals surface area (Å²) < 4.78 is 0. The molecule has 1 aromatic heterocycles. The number of aromatic nitrogens is 2. The van der Waals surface area contributed by atoms with E-state index < -0.39 is 0 Å². The van der Waals surface area contributed by atoms with Gasteiger partial charge in [-0.15, -0.1) is 0 Å². The standard InChI is InChI=1S/C23H29N3O/c1-2-23-24-15-20(16-25-23)22(27)9-7-17-6-8-18-10-12-26(21-4-3-5-21)13-11-19(18)14-17/h6,8,14-16,21H,2-5,7,9-13H2,1H3. The van der Waals surface area contributed by atoms with Crippen LogP contribution in [0.25, 0.3) is 0 Å². The van der Waals surface area contributed by atoms with Gasteiger partial charge in [0.15, 0.2) is 5.78 Å². The lowest BCUT2D eigenvalue weighted by Crippen LogP contribution is -2.41. The van der Waals surface area contributed by atoms with Crippen LogP contribution in [0.2, 0.25) is 0 Å². The van der Waals surface area contributed by atoms with Crippen molar-refractivity contribution in [1.82, 2.24) is 14.9 Å². The van der Waals surface area contributed by atoms with Crippen molar-refractivity contribution in [1.29, 1.82) is 0 Å². The Labute approximate surface area is 162 Å². The maximum absolute atomic E-state index is 12.4. The summed E-state index contributed by atoms with van der Waals surface area (Å²) in [4.78, 5) is 23.6. The predicted molar refractivity (Wildman–Crippen MR) is 107 cm³/mol. The van der Waals surface area contributed by atoms with Crippen LogP contribution in [0.3, 0.4) is 0 Å². The van der Waals surface area contributed by atoms with E-state index in [9.17, 15) is 4.79 Å². The lowest BCUT2D eigenvalue weighted by Gasteiger charge is -2.36. The van der Waals surface area contributed by atoms with Crippen molar-refractivity contribution in [3.05, 3.63) is 58.7 Å². The Morgan fingerprint density at radius 3 is 2.52 bits per heavy atom. The average Bonchev–Trinajstić information content (AvgIpc) is 2.87. The largest absolute Gasteiger partial charge is 0.300 e. The summed E-state index contributed by atoms with van der Waals surface area (Å²) in [6, 6.07) is 7.67. The summed E-state index contributed by atoms with van der Waals surface area (Å²) >= 11 is 0. The molecule has 2 heterocycles. The number of carbonyl (C=O) groups is 1. The molecule has 1 fully saturated rings. The minimum Gasteiger partial charge on any atom is -0.300 e. The van der Waals surface area contributed by atoms with E-state index in [1.807, 2.05) is 6.92 Å². The number of rotatable bonds is 6. The molecule has 0 spiro atoms. The highest BCUT2D eigenvalue weighted by atomic mass is 16.1. The molecule has 1 aromatic carbocycles. The first-order chi connectivity index (χ1) is 13.2. The number of carbonyl (C=O) groups excluding carboxylic acids is 1. The molecule has 2 aliphatic rings. The lowest BCUT2D eigenvalue weighted by atomic mass is 9.91. The van der Waals surface area contributed by atoms with Crippen molar-refractivity contribution >= 4 is 5.78 Å². The van der Waals surface area contributed by atoms with Crippen LogP contribution in [0.5, 0.6) is 0 Å². The third-order valence-electron chi connectivity index (χ3n) is 6.18. The number of Topliss-reactive ketones (excluding diaryl/α,β-unsaturated/α-hetero) is 1. The van der Waals surface area contributed by atoms with E-state index in [0.717, 1.165) is 37.5 Å². The third kappa shape index (κ3) is 4.27. The molecule has 0 saturated heterocycles. The molecule has 27 heavy (non-hydrogen) atoms. The summed E-state index contributed by atoms with van der Waals surface area (Å²) in [5.41, 5.74) is 4.87. The van der Waals surface area contributed by atoms with E-state index >= 15 is 0 Å². The number of aryl methyl sites for hydroxylation is 2. The van der Waals surface area contributed by atoms with Gasteiger partial charge in [0.05, 0.1) is 5.56 Å². The summed E-state index contributed by atoms with van der Waals surface area (Å²) in [6.07, 6.45) is 11.9. The Hall–Kier alpha value is -2.07. The van der Waals surface area contributed by atoms with Gasteiger partial charge in [-0.2, -0.15) is 0 Å².